The second-order valence-electron chi connectivity index (χ2n) is 10.4. The number of aryl methyl sites for hydroxylation is 1. The fourth-order valence-electron chi connectivity index (χ4n) is 4.40. The molecule has 0 fully saturated rings. The molecule has 4 aromatic carbocycles. The van der Waals surface area contributed by atoms with Gasteiger partial charge < -0.3 is 44.8 Å². The monoisotopic (exact) mass is 672 g/mol. The van der Waals surface area contributed by atoms with E-state index in [0.717, 1.165) is 0 Å². The highest BCUT2D eigenvalue weighted by Crippen LogP contribution is 2.33. The number of hydrogen-bond donors (Lipinski definition) is 6. The first-order chi connectivity index (χ1) is 23.4. The number of ketones is 3. The fraction of sp³-hybridized carbons (Fsp3) is 0.162. The number of carbonyl (C=O) groups is 3. The summed E-state index contributed by atoms with van der Waals surface area (Å²) in [6.45, 7) is 0.764. The predicted molar refractivity (Wildman–Crippen MR) is 180 cm³/mol. The molecule has 6 N–H and O–H groups in total. The number of aromatic hydroxyl groups is 4. The standard InChI is InChI=1S/C20H20O6.C17H16O6/c1-25-18-10-13(5-8-17(18)23)3-6-16(22)7-4-14-9-15(12-21)20(24)19(11-14)26-2;1-9-5-10(3-4-13(9)19)16(21)17(22)11-6-12(8-18)15(20)14(7-11)23-2/h3-11,21,23-24H,12H2,1-2H3;3-7,18-20H,8H2,1-2H3/b6-3+,7-4+;. The predicted octanol–water partition coefficient (Wildman–Crippen LogP) is 4.88. The minimum atomic E-state index is -0.803. The normalized spacial score (nSPS) is 10.8. The molecule has 0 aliphatic rings. The average molecular weight is 673 g/mol. The summed E-state index contributed by atoms with van der Waals surface area (Å²) < 4.78 is 15.0. The van der Waals surface area contributed by atoms with Gasteiger partial charge >= 0.3 is 0 Å². The Bertz CT molecular complexity index is 1860. The van der Waals surface area contributed by atoms with E-state index in [1.165, 1.54) is 69.9 Å². The highest BCUT2D eigenvalue weighted by molar-refractivity contribution is 6.49. The number of phenolic OH excluding ortho intramolecular Hbond substituents is 2. The van der Waals surface area contributed by atoms with Crippen molar-refractivity contribution in [1.29, 1.82) is 0 Å². The minimum Gasteiger partial charge on any atom is -0.508 e. The molecule has 49 heavy (non-hydrogen) atoms. The van der Waals surface area contributed by atoms with Crippen molar-refractivity contribution in [2.75, 3.05) is 21.3 Å². The highest BCUT2D eigenvalue weighted by Gasteiger charge is 2.22. The number of rotatable bonds is 12. The molecule has 256 valence electrons. The van der Waals surface area contributed by atoms with Gasteiger partial charge in [-0.3, -0.25) is 14.4 Å². The van der Waals surface area contributed by atoms with E-state index in [9.17, 15) is 45.0 Å². The van der Waals surface area contributed by atoms with Crippen molar-refractivity contribution >= 4 is 29.5 Å². The third-order valence-corrected chi connectivity index (χ3v) is 7.12. The van der Waals surface area contributed by atoms with Crippen LogP contribution in [0, 0.1) is 6.92 Å². The van der Waals surface area contributed by atoms with Gasteiger partial charge in [-0.2, -0.15) is 0 Å². The van der Waals surface area contributed by atoms with E-state index >= 15 is 0 Å². The van der Waals surface area contributed by atoms with Crippen LogP contribution in [-0.4, -0.2) is 69.3 Å². The number of carbonyl (C=O) groups excluding carboxylic acids is 3. The molecule has 0 heterocycles. The van der Waals surface area contributed by atoms with E-state index < -0.39 is 18.2 Å². The van der Waals surface area contributed by atoms with Gasteiger partial charge in [0.1, 0.15) is 5.75 Å². The van der Waals surface area contributed by atoms with Crippen LogP contribution >= 0.6 is 0 Å². The first-order valence-electron chi connectivity index (χ1n) is 14.5. The lowest BCUT2D eigenvalue weighted by Gasteiger charge is -2.10. The van der Waals surface area contributed by atoms with Gasteiger partial charge in [-0.25, -0.2) is 0 Å². The first-order valence-corrected chi connectivity index (χ1v) is 14.5. The van der Waals surface area contributed by atoms with Crippen LogP contribution in [0.25, 0.3) is 12.2 Å². The summed E-state index contributed by atoms with van der Waals surface area (Å²) in [6, 6.07) is 14.5. The highest BCUT2D eigenvalue weighted by atomic mass is 16.5. The number of allylic oxidation sites excluding steroid dienone is 2. The van der Waals surface area contributed by atoms with Crippen LogP contribution in [0.4, 0.5) is 0 Å². The van der Waals surface area contributed by atoms with Gasteiger partial charge in [0.25, 0.3) is 0 Å². The van der Waals surface area contributed by atoms with Gasteiger partial charge in [0.15, 0.2) is 40.3 Å². The molecule has 4 aromatic rings. The average Bonchev–Trinajstić information content (AvgIpc) is 3.11. The molecule has 0 bridgehead atoms. The molecular formula is C37H36O12. The van der Waals surface area contributed by atoms with Gasteiger partial charge in [-0.15, -0.1) is 0 Å². The number of aliphatic hydroxyl groups is 2. The Labute approximate surface area is 282 Å². The third-order valence-electron chi connectivity index (χ3n) is 7.12. The van der Waals surface area contributed by atoms with E-state index in [-0.39, 0.29) is 63.6 Å². The quantitative estimate of drug-likeness (QED) is 0.0678. The van der Waals surface area contributed by atoms with Gasteiger partial charge in [0.2, 0.25) is 11.6 Å². The number of phenols is 4. The lowest BCUT2D eigenvalue weighted by molar-refractivity contribution is -0.110. The van der Waals surface area contributed by atoms with Crippen molar-refractivity contribution in [1.82, 2.24) is 0 Å². The summed E-state index contributed by atoms with van der Waals surface area (Å²) in [5.41, 5.74) is 2.32. The van der Waals surface area contributed by atoms with Gasteiger partial charge in [0.05, 0.1) is 34.5 Å². The van der Waals surface area contributed by atoms with Gasteiger partial charge in [0, 0.05) is 22.3 Å². The zero-order chi connectivity index (χ0) is 36.2. The Hall–Kier alpha value is -6.11. The van der Waals surface area contributed by atoms with Crippen LogP contribution in [0.2, 0.25) is 0 Å². The maximum Gasteiger partial charge on any atom is 0.233 e. The number of aliphatic hydroxyl groups excluding tert-OH is 2. The van der Waals surface area contributed by atoms with Crippen LogP contribution in [0.5, 0.6) is 40.2 Å². The number of ether oxygens (including phenoxy) is 3. The summed E-state index contributed by atoms with van der Waals surface area (Å²) >= 11 is 0. The Balaban J connectivity index is 0.000000267. The van der Waals surface area contributed by atoms with Gasteiger partial charge in [-0.05, 0) is 90.4 Å². The number of hydrogen-bond acceptors (Lipinski definition) is 12. The smallest absolute Gasteiger partial charge is 0.233 e. The van der Waals surface area contributed by atoms with Crippen LogP contribution < -0.4 is 14.2 Å². The Kier molecular flexibility index (Phi) is 13.1. The van der Waals surface area contributed by atoms with E-state index in [4.69, 9.17) is 14.2 Å². The third kappa shape index (κ3) is 9.47. The molecule has 0 aliphatic heterocycles. The Morgan fingerprint density at radius 1 is 0.592 bits per heavy atom. The summed E-state index contributed by atoms with van der Waals surface area (Å²) in [6.07, 6.45) is 5.91. The Morgan fingerprint density at radius 3 is 1.67 bits per heavy atom. The molecule has 0 saturated carbocycles. The first kappa shape index (κ1) is 37.3. The van der Waals surface area contributed by atoms with Crippen molar-refractivity contribution in [3.05, 3.63) is 112 Å². The van der Waals surface area contributed by atoms with E-state index in [1.807, 2.05) is 0 Å². The van der Waals surface area contributed by atoms with E-state index in [0.29, 0.717) is 28.0 Å². The molecule has 4 rings (SSSR count). The van der Waals surface area contributed by atoms with Crippen molar-refractivity contribution in [3.63, 3.8) is 0 Å². The van der Waals surface area contributed by atoms with Crippen molar-refractivity contribution in [3.8, 4) is 40.2 Å². The van der Waals surface area contributed by atoms with Crippen LogP contribution in [0.15, 0.2) is 72.8 Å². The molecule has 0 amide bonds. The number of benzene rings is 4. The molecule has 0 unspecified atom stereocenters. The van der Waals surface area contributed by atoms with E-state index in [2.05, 4.69) is 0 Å². The second kappa shape index (κ2) is 17.2. The number of Topliss-reactive ketones (excluding diaryl/α,β-unsaturated/α-hetero) is 2. The zero-order valence-electron chi connectivity index (χ0n) is 27.1. The number of methoxy groups -OCH3 is 3. The largest absolute Gasteiger partial charge is 0.508 e. The molecular weight excluding hydrogens is 636 g/mol. The molecule has 0 aromatic heterocycles. The summed E-state index contributed by atoms with van der Waals surface area (Å²) in [5, 5.41) is 57.2. The molecule has 0 spiro atoms. The van der Waals surface area contributed by atoms with Crippen molar-refractivity contribution < 1.29 is 59.2 Å². The van der Waals surface area contributed by atoms with Crippen molar-refractivity contribution in [2.24, 2.45) is 0 Å². The topological polar surface area (TPSA) is 200 Å². The van der Waals surface area contributed by atoms with E-state index in [1.54, 1.807) is 43.3 Å². The maximum absolute atomic E-state index is 12.4. The SMILES string of the molecule is COc1cc(/C=C/C(=O)/C=C/c2cc(CO)c(O)c(OC)c2)ccc1O.COc1cc(C(=O)C(=O)c2ccc(O)c(C)c2)cc(CO)c1O. The maximum atomic E-state index is 12.4. The molecule has 0 aliphatic carbocycles. The fourth-order valence-corrected chi connectivity index (χ4v) is 4.40. The zero-order valence-corrected chi connectivity index (χ0v) is 27.1. The second-order valence-corrected chi connectivity index (χ2v) is 10.4. The molecule has 0 saturated heterocycles. The summed E-state index contributed by atoms with van der Waals surface area (Å²) in [4.78, 5) is 36.7. The van der Waals surface area contributed by atoms with Crippen LogP contribution in [0.3, 0.4) is 0 Å². The van der Waals surface area contributed by atoms with Gasteiger partial charge in [-0.1, -0.05) is 18.2 Å². The molecule has 0 radical (unpaired) electrons. The minimum absolute atomic E-state index is 0.000530. The van der Waals surface area contributed by atoms with Crippen molar-refractivity contribution in [2.45, 2.75) is 20.1 Å². The Morgan fingerprint density at radius 2 is 1.10 bits per heavy atom. The lowest BCUT2D eigenvalue weighted by Crippen LogP contribution is -2.15. The summed E-state index contributed by atoms with van der Waals surface area (Å²) in [5.74, 6) is -1.63. The lowest BCUT2D eigenvalue weighted by atomic mass is 9.98. The van der Waals surface area contributed by atoms with Crippen LogP contribution in [-0.2, 0) is 18.0 Å². The summed E-state index contributed by atoms with van der Waals surface area (Å²) in [7, 11) is 4.15. The molecule has 0 atom stereocenters. The van der Waals surface area contributed by atoms with Crippen LogP contribution in [0.1, 0.15) is 48.5 Å². The molecule has 12 heteroatoms. The molecule has 12 nitrogen and oxygen atoms in total.